The number of rotatable bonds is 7. The fourth-order valence-corrected chi connectivity index (χ4v) is 0.917. The molecule has 0 radical (unpaired) electrons. The second-order valence-electron chi connectivity index (χ2n) is 3.17. The number of aliphatic carboxylic acids is 1. The minimum absolute atomic E-state index is 0.966. The molecule has 0 rings (SSSR count). The largest absolute Gasteiger partial charge is 0.475 e. The molecule has 98 valence electrons. The van der Waals surface area contributed by atoms with Gasteiger partial charge in [-0.05, 0) is 0 Å². The molecule has 0 aliphatic heterocycles. The zero-order valence-electron chi connectivity index (χ0n) is 8.42. The van der Waals surface area contributed by atoms with Gasteiger partial charge in [-0.15, -0.1) is 0 Å². The van der Waals surface area contributed by atoms with E-state index in [1.54, 1.807) is 0 Å². The molecule has 0 unspecified atom stereocenters. The number of carboxylic acids is 1. The molecular weight excluding hydrogens is 240 g/mol. The lowest BCUT2D eigenvalue weighted by Gasteiger charge is -2.24. The summed E-state index contributed by atoms with van der Waals surface area (Å²) in [7, 11) is 0. The number of carbonyl (C=O) groups is 3. The first-order valence-corrected chi connectivity index (χ1v) is 4.38. The van der Waals surface area contributed by atoms with Crippen molar-refractivity contribution >= 4 is 17.5 Å². The average Bonchev–Trinajstić information content (AvgIpc) is 2.32. The Bertz CT molecular complexity index is 312. The van der Waals surface area contributed by atoms with Crippen LogP contribution in [-0.4, -0.2) is 79.2 Å². The first kappa shape index (κ1) is 15.6. The van der Waals surface area contributed by atoms with Crippen LogP contribution in [0.5, 0.6) is 0 Å². The highest BCUT2D eigenvalue weighted by atomic mass is 16.4. The second kappa shape index (κ2) is 6.37. The van der Waals surface area contributed by atoms with E-state index in [0.717, 1.165) is 0 Å². The van der Waals surface area contributed by atoms with Crippen molar-refractivity contribution in [3.05, 3.63) is 0 Å². The van der Waals surface area contributed by atoms with E-state index >= 15 is 0 Å². The van der Waals surface area contributed by atoms with E-state index in [1.165, 1.54) is 0 Å². The van der Waals surface area contributed by atoms with Crippen molar-refractivity contribution in [2.45, 2.75) is 24.4 Å². The summed E-state index contributed by atoms with van der Waals surface area (Å²) in [6, 6.07) is 0. The van der Waals surface area contributed by atoms with Crippen LogP contribution in [0.2, 0.25) is 0 Å². The van der Waals surface area contributed by atoms with Crippen molar-refractivity contribution in [2.75, 3.05) is 6.61 Å². The van der Waals surface area contributed by atoms with Crippen LogP contribution in [0.15, 0.2) is 0 Å². The maximum absolute atomic E-state index is 10.9. The normalized spacial score (nSPS) is 17.9. The maximum Gasteiger partial charge on any atom is 0.380 e. The summed E-state index contributed by atoms with van der Waals surface area (Å²) >= 11 is 0. The lowest BCUT2D eigenvalue weighted by atomic mass is 9.98. The van der Waals surface area contributed by atoms with Gasteiger partial charge in [-0.25, -0.2) is 4.79 Å². The molecule has 0 saturated heterocycles. The first-order valence-electron chi connectivity index (χ1n) is 4.38. The van der Waals surface area contributed by atoms with Crippen LogP contribution >= 0.6 is 0 Å². The van der Waals surface area contributed by atoms with Gasteiger partial charge in [0.2, 0.25) is 5.78 Å². The van der Waals surface area contributed by atoms with Crippen molar-refractivity contribution in [2.24, 2.45) is 0 Å². The van der Waals surface area contributed by atoms with Crippen molar-refractivity contribution in [3.63, 3.8) is 0 Å². The van der Waals surface area contributed by atoms with Gasteiger partial charge >= 0.3 is 11.8 Å². The van der Waals surface area contributed by atoms with E-state index in [1.807, 2.05) is 0 Å². The Hall–Kier alpha value is -1.39. The molecule has 6 N–H and O–H groups in total. The van der Waals surface area contributed by atoms with Gasteiger partial charge in [-0.3, -0.25) is 9.59 Å². The topological polar surface area (TPSA) is 173 Å². The van der Waals surface area contributed by atoms with Crippen LogP contribution < -0.4 is 0 Å². The molecule has 4 atom stereocenters. The SMILES string of the molecule is O=C(O)C(=O)C(=O)[C@@H](O)[C@@H](O)[C@H](O)[C@H](O)CO. The molecule has 0 aromatic heterocycles. The predicted octanol–water partition coefficient (Wildman–Crippen LogP) is -4.35. The Morgan fingerprint density at radius 1 is 0.941 bits per heavy atom. The number of hydrogen-bond acceptors (Lipinski definition) is 8. The van der Waals surface area contributed by atoms with Crippen LogP contribution in [0.4, 0.5) is 0 Å². The van der Waals surface area contributed by atoms with Crippen molar-refractivity contribution in [3.8, 4) is 0 Å². The van der Waals surface area contributed by atoms with Gasteiger partial charge in [0, 0.05) is 0 Å². The standard InChI is InChI=1S/C8H12O9/c9-1-2(10)3(11)4(12)5(13)6(14)7(15)8(16)17/h2-5,9-13H,1H2,(H,16,17)/t2-,3-,4+,5+/m1/s1. The third-order valence-corrected chi connectivity index (χ3v) is 1.94. The Kier molecular flexibility index (Phi) is 5.85. The zero-order valence-corrected chi connectivity index (χ0v) is 8.42. The van der Waals surface area contributed by atoms with E-state index in [2.05, 4.69) is 0 Å². The Balaban J connectivity index is 4.70. The van der Waals surface area contributed by atoms with E-state index in [4.69, 9.17) is 30.6 Å². The summed E-state index contributed by atoms with van der Waals surface area (Å²) in [5, 5.41) is 52.8. The van der Waals surface area contributed by atoms with E-state index in [0.29, 0.717) is 0 Å². The molecule has 0 bridgehead atoms. The number of carbonyl (C=O) groups excluding carboxylic acids is 2. The fraction of sp³-hybridized carbons (Fsp3) is 0.625. The summed E-state index contributed by atoms with van der Waals surface area (Å²) in [4.78, 5) is 31.7. The van der Waals surface area contributed by atoms with Gasteiger partial charge in [-0.1, -0.05) is 0 Å². The summed E-state index contributed by atoms with van der Waals surface area (Å²) in [6.07, 6.45) is -8.77. The maximum atomic E-state index is 10.9. The Labute approximate surface area is 94.5 Å². The molecule has 0 fully saturated rings. The van der Waals surface area contributed by atoms with Crippen LogP contribution in [0, 0.1) is 0 Å². The summed E-state index contributed by atoms with van der Waals surface area (Å²) in [5.41, 5.74) is 0. The second-order valence-corrected chi connectivity index (χ2v) is 3.17. The highest BCUT2D eigenvalue weighted by Crippen LogP contribution is 2.06. The zero-order chi connectivity index (χ0) is 13.7. The Morgan fingerprint density at radius 3 is 1.76 bits per heavy atom. The molecule has 9 nitrogen and oxygen atoms in total. The van der Waals surface area contributed by atoms with Crippen molar-refractivity contribution in [1.82, 2.24) is 0 Å². The lowest BCUT2D eigenvalue weighted by Crippen LogP contribution is -2.51. The summed E-state index contributed by atoms with van der Waals surface area (Å²) in [6.45, 7) is -0.966. The van der Waals surface area contributed by atoms with Gasteiger partial charge in [0.05, 0.1) is 6.61 Å². The highest BCUT2D eigenvalue weighted by Gasteiger charge is 2.38. The van der Waals surface area contributed by atoms with Crippen LogP contribution in [-0.2, 0) is 14.4 Å². The molecule has 0 aromatic rings. The first-order chi connectivity index (χ1) is 7.73. The Morgan fingerprint density at radius 2 is 1.41 bits per heavy atom. The number of ketones is 2. The van der Waals surface area contributed by atoms with E-state index in [9.17, 15) is 14.4 Å². The summed E-state index contributed by atoms with van der Waals surface area (Å²) in [5.74, 6) is -5.94. The van der Waals surface area contributed by atoms with Gasteiger partial charge in [0.1, 0.15) is 24.4 Å². The highest BCUT2D eigenvalue weighted by molar-refractivity contribution is 6.62. The van der Waals surface area contributed by atoms with E-state index < -0.39 is 48.6 Å². The predicted molar refractivity (Wildman–Crippen MR) is 48.8 cm³/mol. The van der Waals surface area contributed by atoms with E-state index in [-0.39, 0.29) is 0 Å². The molecule has 0 spiro atoms. The number of hydrogen-bond donors (Lipinski definition) is 6. The number of carboxylic acid groups (broad SMARTS) is 1. The smallest absolute Gasteiger partial charge is 0.380 e. The molecule has 0 amide bonds. The minimum atomic E-state index is -2.50. The van der Waals surface area contributed by atoms with Crippen molar-refractivity contribution in [1.29, 1.82) is 0 Å². The third-order valence-electron chi connectivity index (χ3n) is 1.94. The monoisotopic (exact) mass is 252 g/mol. The van der Waals surface area contributed by atoms with Gasteiger partial charge < -0.3 is 30.6 Å². The molecular formula is C8H12O9. The third kappa shape index (κ3) is 3.84. The minimum Gasteiger partial charge on any atom is -0.475 e. The molecule has 17 heavy (non-hydrogen) atoms. The molecule has 0 heterocycles. The molecule has 0 aromatic carbocycles. The van der Waals surface area contributed by atoms with Gasteiger partial charge in [-0.2, -0.15) is 0 Å². The molecule has 9 heteroatoms. The number of aliphatic hydroxyl groups is 5. The average molecular weight is 252 g/mol. The molecule has 0 aliphatic rings. The molecule has 0 aliphatic carbocycles. The number of Topliss-reactive ketones (excluding diaryl/α,β-unsaturated/α-hetero) is 2. The molecule has 0 saturated carbocycles. The fourth-order valence-electron chi connectivity index (χ4n) is 0.917. The lowest BCUT2D eigenvalue weighted by molar-refractivity contribution is -0.161. The van der Waals surface area contributed by atoms with Gasteiger partial charge in [0.15, 0.2) is 0 Å². The number of aliphatic hydroxyl groups excluding tert-OH is 5. The van der Waals surface area contributed by atoms with Crippen molar-refractivity contribution < 1.29 is 45.0 Å². The summed E-state index contributed by atoms with van der Waals surface area (Å²) < 4.78 is 0. The van der Waals surface area contributed by atoms with Crippen LogP contribution in [0.3, 0.4) is 0 Å². The van der Waals surface area contributed by atoms with Crippen LogP contribution in [0.1, 0.15) is 0 Å². The quantitative estimate of drug-likeness (QED) is 0.193. The van der Waals surface area contributed by atoms with Gasteiger partial charge in [0.25, 0.3) is 0 Å². The van der Waals surface area contributed by atoms with Crippen LogP contribution in [0.25, 0.3) is 0 Å².